The lowest BCUT2D eigenvalue weighted by Gasteiger charge is -2.14. The van der Waals surface area contributed by atoms with Gasteiger partial charge in [0.2, 0.25) is 0 Å². The molecule has 1 saturated carbocycles. The Bertz CT molecular complexity index is 692. The molecule has 0 amide bonds. The molecule has 2 heterocycles. The van der Waals surface area contributed by atoms with E-state index in [4.69, 9.17) is 4.52 Å². The summed E-state index contributed by atoms with van der Waals surface area (Å²) in [5, 5.41) is 4.21. The molecular formula is C19H23FN2O. The molecule has 23 heavy (non-hydrogen) atoms. The van der Waals surface area contributed by atoms with Gasteiger partial charge in [0.05, 0.1) is 5.69 Å². The van der Waals surface area contributed by atoms with Crippen molar-refractivity contribution in [1.82, 2.24) is 10.1 Å². The summed E-state index contributed by atoms with van der Waals surface area (Å²) in [6.07, 6.45) is 4.61. The zero-order valence-electron chi connectivity index (χ0n) is 13.6. The molecule has 1 aliphatic carbocycles. The van der Waals surface area contributed by atoms with Gasteiger partial charge in [0.1, 0.15) is 11.6 Å². The highest BCUT2D eigenvalue weighted by atomic mass is 19.1. The summed E-state index contributed by atoms with van der Waals surface area (Å²) in [5.41, 5.74) is 2.88. The summed E-state index contributed by atoms with van der Waals surface area (Å²) in [4.78, 5) is 2.43. The molecule has 3 nitrogen and oxygen atoms in total. The van der Waals surface area contributed by atoms with E-state index in [-0.39, 0.29) is 5.82 Å². The van der Waals surface area contributed by atoms with E-state index in [9.17, 15) is 4.39 Å². The molecule has 1 unspecified atom stereocenters. The van der Waals surface area contributed by atoms with E-state index >= 15 is 0 Å². The topological polar surface area (TPSA) is 29.3 Å². The molecule has 4 rings (SSSR count). The van der Waals surface area contributed by atoms with Crippen LogP contribution in [-0.2, 0) is 13.0 Å². The first-order valence-electron chi connectivity index (χ1n) is 8.60. The molecule has 2 fully saturated rings. The lowest BCUT2D eigenvalue weighted by Crippen LogP contribution is -2.20. The molecule has 4 heteroatoms. The number of hydrogen-bond acceptors (Lipinski definition) is 3. The number of likely N-dealkylation sites (tertiary alicyclic amines) is 1. The predicted octanol–water partition coefficient (Wildman–Crippen LogP) is 4.06. The standard InChI is InChI=1S/C19H23FN2O/c1-13-2-3-14(9-18(13)20)8-15-6-7-22(11-15)12-17-10-19(23-21-17)16-4-5-16/h2-3,9-10,15-16H,4-8,11-12H2,1H3. The van der Waals surface area contributed by atoms with Crippen molar-refractivity contribution in [2.24, 2.45) is 5.92 Å². The van der Waals surface area contributed by atoms with Gasteiger partial charge in [0.25, 0.3) is 0 Å². The van der Waals surface area contributed by atoms with Crippen molar-refractivity contribution < 1.29 is 8.91 Å². The summed E-state index contributed by atoms with van der Waals surface area (Å²) >= 11 is 0. The summed E-state index contributed by atoms with van der Waals surface area (Å²) < 4.78 is 19.1. The maximum absolute atomic E-state index is 13.7. The molecular weight excluding hydrogens is 291 g/mol. The highest BCUT2D eigenvalue weighted by molar-refractivity contribution is 5.24. The van der Waals surface area contributed by atoms with Crippen LogP contribution in [0.4, 0.5) is 4.39 Å². The second-order valence-corrected chi connectivity index (χ2v) is 7.17. The molecule has 1 atom stereocenters. The lowest BCUT2D eigenvalue weighted by atomic mass is 9.98. The zero-order valence-corrected chi connectivity index (χ0v) is 13.6. The molecule has 0 spiro atoms. The fourth-order valence-electron chi connectivity index (χ4n) is 3.51. The fraction of sp³-hybridized carbons (Fsp3) is 0.526. The third kappa shape index (κ3) is 3.47. The number of aryl methyl sites for hydroxylation is 1. The highest BCUT2D eigenvalue weighted by Crippen LogP contribution is 2.40. The molecule has 0 N–H and O–H groups in total. The van der Waals surface area contributed by atoms with Crippen LogP contribution < -0.4 is 0 Å². The van der Waals surface area contributed by atoms with Crippen LogP contribution in [0, 0.1) is 18.7 Å². The van der Waals surface area contributed by atoms with Crippen molar-refractivity contribution in [2.75, 3.05) is 13.1 Å². The Balaban J connectivity index is 1.32. The Labute approximate surface area is 136 Å². The van der Waals surface area contributed by atoms with Crippen LogP contribution in [0.3, 0.4) is 0 Å². The minimum Gasteiger partial charge on any atom is -0.361 e. The molecule has 122 valence electrons. The second-order valence-electron chi connectivity index (χ2n) is 7.17. The Morgan fingerprint density at radius 1 is 1.26 bits per heavy atom. The van der Waals surface area contributed by atoms with Gasteiger partial charge in [0, 0.05) is 25.1 Å². The number of hydrogen-bond donors (Lipinski definition) is 0. The number of benzene rings is 1. The molecule has 1 aromatic carbocycles. The van der Waals surface area contributed by atoms with Crippen molar-refractivity contribution in [2.45, 2.75) is 45.1 Å². The van der Waals surface area contributed by atoms with E-state index in [0.717, 1.165) is 48.6 Å². The smallest absolute Gasteiger partial charge is 0.140 e. The molecule has 0 radical (unpaired) electrons. The van der Waals surface area contributed by atoms with Crippen LogP contribution in [0.5, 0.6) is 0 Å². The van der Waals surface area contributed by atoms with E-state index in [1.54, 1.807) is 6.07 Å². The molecule has 1 aliphatic heterocycles. The van der Waals surface area contributed by atoms with E-state index < -0.39 is 0 Å². The Morgan fingerprint density at radius 2 is 2.13 bits per heavy atom. The Hall–Kier alpha value is -1.68. The molecule has 0 bridgehead atoms. The average Bonchev–Trinajstić information content (AvgIpc) is 3.13. The minimum absolute atomic E-state index is 0.0902. The number of aromatic nitrogens is 1. The first-order chi connectivity index (χ1) is 11.2. The Morgan fingerprint density at radius 3 is 2.91 bits per heavy atom. The van der Waals surface area contributed by atoms with Gasteiger partial charge < -0.3 is 4.52 Å². The van der Waals surface area contributed by atoms with Crippen molar-refractivity contribution in [3.63, 3.8) is 0 Å². The first-order valence-corrected chi connectivity index (χ1v) is 8.60. The molecule has 2 aromatic rings. The van der Waals surface area contributed by atoms with Crippen LogP contribution in [0.1, 0.15) is 47.8 Å². The Kier molecular flexibility index (Phi) is 3.93. The predicted molar refractivity (Wildman–Crippen MR) is 86.7 cm³/mol. The van der Waals surface area contributed by atoms with Crippen molar-refractivity contribution in [3.05, 3.63) is 52.7 Å². The number of rotatable bonds is 5. The van der Waals surface area contributed by atoms with Gasteiger partial charge in [-0.1, -0.05) is 17.3 Å². The van der Waals surface area contributed by atoms with Gasteiger partial charge in [-0.05, 0) is 62.3 Å². The van der Waals surface area contributed by atoms with Gasteiger partial charge in [-0.15, -0.1) is 0 Å². The van der Waals surface area contributed by atoms with Crippen molar-refractivity contribution in [3.8, 4) is 0 Å². The largest absolute Gasteiger partial charge is 0.361 e. The van der Waals surface area contributed by atoms with Crippen LogP contribution in [0.2, 0.25) is 0 Å². The van der Waals surface area contributed by atoms with Crippen molar-refractivity contribution in [1.29, 1.82) is 0 Å². The van der Waals surface area contributed by atoms with Crippen LogP contribution in [0.25, 0.3) is 0 Å². The van der Waals surface area contributed by atoms with E-state index in [0.29, 0.717) is 11.8 Å². The molecule has 1 aromatic heterocycles. The summed E-state index contributed by atoms with van der Waals surface area (Å²) in [6, 6.07) is 7.75. The third-order valence-electron chi connectivity index (χ3n) is 5.07. The lowest BCUT2D eigenvalue weighted by molar-refractivity contribution is 0.299. The van der Waals surface area contributed by atoms with E-state index in [2.05, 4.69) is 22.2 Å². The van der Waals surface area contributed by atoms with Gasteiger partial charge in [-0.2, -0.15) is 0 Å². The van der Waals surface area contributed by atoms with Crippen LogP contribution in [0.15, 0.2) is 28.8 Å². The van der Waals surface area contributed by atoms with Crippen LogP contribution >= 0.6 is 0 Å². The highest BCUT2D eigenvalue weighted by Gasteiger charge is 2.29. The first kappa shape index (κ1) is 14.9. The van der Waals surface area contributed by atoms with Gasteiger partial charge in [0.15, 0.2) is 0 Å². The van der Waals surface area contributed by atoms with Gasteiger partial charge >= 0.3 is 0 Å². The van der Waals surface area contributed by atoms with E-state index in [1.807, 2.05) is 13.0 Å². The number of nitrogens with zero attached hydrogens (tertiary/aromatic N) is 2. The van der Waals surface area contributed by atoms with Gasteiger partial charge in [-0.25, -0.2) is 4.39 Å². The average molecular weight is 314 g/mol. The van der Waals surface area contributed by atoms with E-state index in [1.165, 1.54) is 19.3 Å². The maximum atomic E-state index is 13.7. The minimum atomic E-state index is -0.0902. The number of halogens is 1. The molecule has 2 aliphatic rings. The summed E-state index contributed by atoms with van der Waals surface area (Å²) in [5.74, 6) is 2.20. The maximum Gasteiger partial charge on any atom is 0.140 e. The zero-order chi connectivity index (χ0) is 15.8. The normalized spacial score (nSPS) is 21.9. The fourth-order valence-corrected chi connectivity index (χ4v) is 3.51. The second kappa shape index (κ2) is 6.08. The third-order valence-corrected chi connectivity index (χ3v) is 5.07. The molecule has 1 saturated heterocycles. The summed E-state index contributed by atoms with van der Waals surface area (Å²) in [7, 11) is 0. The van der Waals surface area contributed by atoms with Crippen LogP contribution in [-0.4, -0.2) is 23.1 Å². The monoisotopic (exact) mass is 314 g/mol. The van der Waals surface area contributed by atoms with Gasteiger partial charge in [-0.3, -0.25) is 4.90 Å². The van der Waals surface area contributed by atoms with Crippen molar-refractivity contribution >= 4 is 0 Å². The summed E-state index contributed by atoms with van der Waals surface area (Å²) in [6.45, 7) is 4.82. The quantitative estimate of drug-likeness (QED) is 0.833. The SMILES string of the molecule is Cc1ccc(CC2CCN(Cc3cc(C4CC4)on3)C2)cc1F.